The minimum Gasteiger partial charge on any atom is -0.266 e. The maximum atomic E-state index is 13.2. The second kappa shape index (κ2) is 7.60. The van der Waals surface area contributed by atoms with Gasteiger partial charge in [-0.1, -0.05) is 31.0 Å². The quantitative estimate of drug-likeness (QED) is 0.542. The molecule has 0 fully saturated rings. The van der Waals surface area contributed by atoms with Crippen LogP contribution in [0.4, 0.5) is 4.39 Å². The van der Waals surface area contributed by atoms with Gasteiger partial charge >= 0.3 is 0 Å². The molecule has 19 heavy (non-hydrogen) atoms. The molecule has 1 aromatic carbocycles. The van der Waals surface area contributed by atoms with Crippen molar-refractivity contribution in [1.29, 1.82) is 0 Å². The Labute approximate surface area is 114 Å². The highest BCUT2D eigenvalue weighted by atomic mass is 32.2. The van der Waals surface area contributed by atoms with E-state index in [0.29, 0.717) is 19.3 Å². The lowest BCUT2D eigenvalue weighted by atomic mass is 10.1. The van der Waals surface area contributed by atoms with Gasteiger partial charge in [-0.05, 0) is 38.3 Å². The van der Waals surface area contributed by atoms with Crippen LogP contribution in [-0.2, 0) is 14.3 Å². The summed E-state index contributed by atoms with van der Waals surface area (Å²) < 4.78 is 41.7. The van der Waals surface area contributed by atoms with E-state index in [4.69, 9.17) is 4.18 Å². The molecule has 0 saturated carbocycles. The van der Waals surface area contributed by atoms with Gasteiger partial charge in [0.2, 0.25) is 0 Å². The van der Waals surface area contributed by atoms with E-state index < -0.39 is 16.3 Å². The molecular formula is C14H21FO3S. The van der Waals surface area contributed by atoms with E-state index >= 15 is 0 Å². The third-order valence-electron chi connectivity index (χ3n) is 2.81. The summed E-state index contributed by atoms with van der Waals surface area (Å²) in [4.78, 5) is 0.142. The lowest BCUT2D eigenvalue weighted by Gasteiger charge is -2.08. The van der Waals surface area contributed by atoms with E-state index in [1.54, 1.807) is 12.1 Å². The Balaban J connectivity index is 2.41. The predicted octanol–water partition coefficient (Wildman–Crippen LogP) is 3.62. The summed E-state index contributed by atoms with van der Waals surface area (Å²) >= 11 is 0. The number of alkyl halides is 1. The molecule has 0 radical (unpaired) electrons. The Hall–Kier alpha value is -0.940. The highest BCUT2D eigenvalue weighted by Crippen LogP contribution is 2.15. The summed E-state index contributed by atoms with van der Waals surface area (Å²) in [5.74, 6) is 0. The SMILES string of the molecule is CCCC(F)CCCOS(=O)(=O)c1ccc(C)cc1. The lowest BCUT2D eigenvalue weighted by molar-refractivity contribution is 0.251. The zero-order valence-corrected chi connectivity index (χ0v) is 12.2. The Bertz CT molecular complexity index is 468. The average Bonchev–Trinajstić information content (AvgIpc) is 2.36. The van der Waals surface area contributed by atoms with Crippen molar-refractivity contribution in [2.24, 2.45) is 0 Å². The van der Waals surface area contributed by atoms with Gasteiger partial charge in [0, 0.05) is 0 Å². The molecule has 0 aliphatic rings. The lowest BCUT2D eigenvalue weighted by Crippen LogP contribution is -2.09. The van der Waals surface area contributed by atoms with Crippen LogP contribution in [0.25, 0.3) is 0 Å². The summed E-state index contributed by atoms with van der Waals surface area (Å²) in [5, 5.41) is 0. The van der Waals surface area contributed by atoms with E-state index in [0.717, 1.165) is 12.0 Å². The van der Waals surface area contributed by atoms with Crippen molar-refractivity contribution < 1.29 is 17.0 Å². The first-order valence-corrected chi connectivity index (χ1v) is 7.96. The maximum Gasteiger partial charge on any atom is 0.296 e. The number of hydrogen-bond acceptors (Lipinski definition) is 3. The third kappa shape index (κ3) is 5.70. The van der Waals surface area contributed by atoms with Gasteiger partial charge in [-0.3, -0.25) is 4.18 Å². The van der Waals surface area contributed by atoms with E-state index in [2.05, 4.69) is 0 Å². The summed E-state index contributed by atoms with van der Waals surface area (Å²) in [5.41, 5.74) is 0.985. The Morgan fingerprint density at radius 2 is 1.84 bits per heavy atom. The molecule has 0 saturated heterocycles. The monoisotopic (exact) mass is 288 g/mol. The van der Waals surface area contributed by atoms with Crippen LogP contribution in [0.3, 0.4) is 0 Å². The van der Waals surface area contributed by atoms with Crippen LogP contribution >= 0.6 is 0 Å². The maximum absolute atomic E-state index is 13.2. The van der Waals surface area contributed by atoms with Gasteiger partial charge in [0.25, 0.3) is 10.1 Å². The molecule has 0 heterocycles. The van der Waals surface area contributed by atoms with Gasteiger partial charge in [0.05, 0.1) is 11.5 Å². The highest BCUT2D eigenvalue weighted by Gasteiger charge is 2.15. The molecule has 1 aromatic rings. The highest BCUT2D eigenvalue weighted by molar-refractivity contribution is 7.86. The first kappa shape index (κ1) is 16.1. The number of halogens is 1. The molecule has 1 atom stereocenters. The van der Waals surface area contributed by atoms with Crippen LogP contribution in [0.2, 0.25) is 0 Å². The van der Waals surface area contributed by atoms with Gasteiger partial charge in [0.1, 0.15) is 6.17 Å². The van der Waals surface area contributed by atoms with E-state index in [1.807, 2.05) is 13.8 Å². The first-order chi connectivity index (χ1) is 8.95. The van der Waals surface area contributed by atoms with Gasteiger partial charge in [-0.25, -0.2) is 4.39 Å². The van der Waals surface area contributed by atoms with Crippen LogP contribution in [-0.4, -0.2) is 21.2 Å². The molecule has 0 N–H and O–H groups in total. The van der Waals surface area contributed by atoms with E-state index in [9.17, 15) is 12.8 Å². The Morgan fingerprint density at radius 3 is 2.42 bits per heavy atom. The van der Waals surface area contributed by atoms with Crippen molar-refractivity contribution in [1.82, 2.24) is 0 Å². The van der Waals surface area contributed by atoms with E-state index in [1.165, 1.54) is 12.1 Å². The summed E-state index contributed by atoms with van der Waals surface area (Å²) in [7, 11) is -3.71. The van der Waals surface area contributed by atoms with Crippen molar-refractivity contribution >= 4 is 10.1 Å². The molecule has 3 nitrogen and oxygen atoms in total. The number of benzene rings is 1. The van der Waals surface area contributed by atoms with Crippen LogP contribution in [0.15, 0.2) is 29.2 Å². The van der Waals surface area contributed by atoms with Crippen LogP contribution in [0.1, 0.15) is 38.2 Å². The van der Waals surface area contributed by atoms with Crippen LogP contribution < -0.4 is 0 Å². The standard InChI is InChI=1S/C14H21FO3S/c1-3-5-13(15)6-4-11-18-19(16,17)14-9-7-12(2)8-10-14/h7-10,13H,3-6,11H2,1-2H3. The second-order valence-electron chi connectivity index (χ2n) is 4.62. The normalized spacial score (nSPS) is 13.4. The molecule has 5 heteroatoms. The second-order valence-corrected chi connectivity index (χ2v) is 6.23. The fourth-order valence-electron chi connectivity index (χ4n) is 1.70. The molecule has 1 rings (SSSR count). The molecule has 0 amide bonds. The summed E-state index contributed by atoms with van der Waals surface area (Å²) in [6, 6.07) is 6.46. The molecule has 0 aromatic heterocycles. The smallest absolute Gasteiger partial charge is 0.266 e. The third-order valence-corrected chi connectivity index (χ3v) is 4.14. The molecule has 0 aliphatic carbocycles. The molecule has 0 spiro atoms. The van der Waals surface area contributed by atoms with Crippen molar-refractivity contribution in [2.75, 3.05) is 6.61 Å². The van der Waals surface area contributed by atoms with Gasteiger partial charge in [0.15, 0.2) is 0 Å². The number of hydrogen-bond donors (Lipinski definition) is 0. The predicted molar refractivity (Wildman–Crippen MR) is 73.4 cm³/mol. The number of aryl methyl sites for hydroxylation is 1. The summed E-state index contributed by atoms with van der Waals surface area (Å²) in [6.07, 6.45) is 1.20. The minimum absolute atomic E-state index is 0.0281. The largest absolute Gasteiger partial charge is 0.296 e. The summed E-state index contributed by atoms with van der Waals surface area (Å²) in [6.45, 7) is 3.83. The van der Waals surface area contributed by atoms with E-state index in [-0.39, 0.29) is 11.5 Å². The molecule has 108 valence electrons. The molecule has 0 bridgehead atoms. The van der Waals surface area contributed by atoms with Gasteiger partial charge in [-0.2, -0.15) is 8.42 Å². The average molecular weight is 288 g/mol. The minimum atomic E-state index is -3.71. The zero-order valence-electron chi connectivity index (χ0n) is 11.4. The van der Waals surface area contributed by atoms with Gasteiger partial charge in [-0.15, -0.1) is 0 Å². The van der Waals surface area contributed by atoms with Gasteiger partial charge < -0.3 is 0 Å². The zero-order chi connectivity index (χ0) is 14.3. The topological polar surface area (TPSA) is 43.4 Å². The molecule has 1 unspecified atom stereocenters. The van der Waals surface area contributed by atoms with Crippen LogP contribution in [0, 0.1) is 6.92 Å². The van der Waals surface area contributed by atoms with Crippen molar-refractivity contribution in [3.63, 3.8) is 0 Å². The van der Waals surface area contributed by atoms with Crippen molar-refractivity contribution in [2.45, 2.75) is 50.6 Å². The Kier molecular flexibility index (Phi) is 6.45. The Morgan fingerprint density at radius 1 is 1.21 bits per heavy atom. The number of rotatable bonds is 8. The van der Waals surface area contributed by atoms with Crippen molar-refractivity contribution in [3.05, 3.63) is 29.8 Å². The first-order valence-electron chi connectivity index (χ1n) is 6.56. The fraction of sp³-hybridized carbons (Fsp3) is 0.571. The van der Waals surface area contributed by atoms with Crippen LogP contribution in [0.5, 0.6) is 0 Å². The molecule has 0 aliphatic heterocycles. The molecular weight excluding hydrogens is 267 g/mol. The van der Waals surface area contributed by atoms with Crippen molar-refractivity contribution in [3.8, 4) is 0 Å². The fourth-order valence-corrected chi connectivity index (χ4v) is 2.65.